The summed E-state index contributed by atoms with van der Waals surface area (Å²) in [6.07, 6.45) is 5.20. The molecule has 33 heavy (non-hydrogen) atoms. The van der Waals surface area contributed by atoms with Crippen molar-refractivity contribution in [2.45, 2.75) is 11.8 Å². The van der Waals surface area contributed by atoms with E-state index >= 15 is 0 Å². The first-order valence-corrected chi connectivity index (χ1v) is 10.9. The van der Waals surface area contributed by atoms with Crippen molar-refractivity contribution >= 4 is 94.0 Å². The molecule has 0 fully saturated rings. The number of halogens is 4. The van der Waals surface area contributed by atoms with Crippen LogP contribution in [0, 0.1) is 6.92 Å². The van der Waals surface area contributed by atoms with Crippen molar-refractivity contribution in [2.24, 2.45) is 0 Å². The minimum Gasteiger partial charge on any atom is -0.352 e. The Labute approximate surface area is 220 Å². The summed E-state index contributed by atoms with van der Waals surface area (Å²) in [7, 11) is 4.06. The van der Waals surface area contributed by atoms with Crippen LogP contribution in [-0.2, 0) is 0 Å². The van der Waals surface area contributed by atoms with Gasteiger partial charge in [0.2, 0.25) is 0 Å². The number of aromatic nitrogens is 3. The number of carbonyl (C=O) groups is 1. The number of carbonyl (C=O) groups excluding carboxylic acids is 1. The summed E-state index contributed by atoms with van der Waals surface area (Å²) in [5.41, 5.74) is 3.63. The number of pyridine rings is 2. The van der Waals surface area contributed by atoms with Gasteiger partial charge in [-0.15, -0.1) is 49.0 Å². The maximum atomic E-state index is 13.1. The molecular formula is C22H25Cl4N5OS. The zero-order chi connectivity index (χ0) is 21.3. The first-order valence-electron chi connectivity index (χ1n) is 9.54. The highest BCUT2D eigenvalue weighted by Gasteiger charge is 2.20. The maximum absolute atomic E-state index is 13.1. The van der Waals surface area contributed by atoms with Gasteiger partial charge in [0.15, 0.2) is 0 Å². The van der Waals surface area contributed by atoms with Crippen LogP contribution in [0.5, 0.6) is 0 Å². The predicted molar refractivity (Wildman–Crippen MR) is 147 cm³/mol. The predicted octanol–water partition coefficient (Wildman–Crippen LogP) is 6.24. The van der Waals surface area contributed by atoms with E-state index in [4.69, 9.17) is 11.6 Å². The highest BCUT2D eigenvalue weighted by atomic mass is 35.5. The number of fused-ring (bicyclic) bond motifs is 3. The highest BCUT2D eigenvalue weighted by Crippen LogP contribution is 2.42. The fraction of sp³-hybridized carbons (Fsp3) is 0.227. The van der Waals surface area contributed by atoms with E-state index in [0.717, 1.165) is 39.0 Å². The molecule has 0 unspecified atom stereocenters. The summed E-state index contributed by atoms with van der Waals surface area (Å²) in [6, 6.07) is 7.43. The van der Waals surface area contributed by atoms with E-state index in [0.29, 0.717) is 22.0 Å². The summed E-state index contributed by atoms with van der Waals surface area (Å²) >= 11 is 8.34. The summed E-state index contributed by atoms with van der Waals surface area (Å²) < 4.78 is 0. The normalized spacial score (nSPS) is 10.5. The molecule has 178 valence electrons. The molecule has 0 saturated heterocycles. The van der Waals surface area contributed by atoms with E-state index in [1.54, 1.807) is 42.5 Å². The van der Waals surface area contributed by atoms with Crippen LogP contribution in [-0.4, -0.2) is 52.2 Å². The van der Waals surface area contributed by atoms with Crippen LogP contribution in [0.3, 0.4) is 0 Å². The van der Waals surface area contributed by atoms with Gasteiger partial charge >= 0.3 is 0 Å². The molecule has 0 bridgehead atoms. The molecule has 0 aliphatic heterocycles. The summed E-state index contributed by atoms with van der Waals surface area (Å²) in [5, 5.41) is 5.68. The Morgan fingerprint density at radius 2 is 1.94 bits per heavy atom. The van der Waals surface area contributed by atoms with Gasteiger partial charge < -0.3 is 15.2 Å². The number of hydrogen-bond acceptors (Lipinski definition) is 5. The molecular weight excluding hydrogens is 524 g/mol. The van der Waals surface area contributed by atoms with Crippen molar-refractivity contribution in [3.63, 3.8) is 0 Å². The molecule has 0 aliphatic carbocycles. The van der Waals surface area contributed by atoms with Crippen molar-refractivity contribution in [1.82, 2.24) is 19.9 Å². The quantitative estimate of drug-likeness (QED) is 0.279. The van der Waals surface area contributed by atoms with E-state index < -0.39 is 0 Å². The fourth-order valence-electron chi connectivity index (χ4n) is 3.33. The Bertz CT molecular complexity index is 1250. The Balaban J connectivity index is 0.00000181. The van der Waals surface area contributed by atoms with E-state index in [-0.39, 0.29) is 43.1 Å². The van der Waals surface area contributed by atoms with Crippen molar-refractivity contribution < 1.29 is 4.79 Å². The molecule has 0 spiro atoms. The van der Waals surface area contributed by atoms with E-state index in [9.17, 15) is 4.79 Å². The molecule has 6 nitrogen and oxygen atoms in total. The van der Waals surface area contributed by atoms with Gasteiger partial charge in [-0.3, -0.25) is 14.8 Å². The maximum Gasteiger partial charge on any atom is 0.257 e. The molecule has 0 radical (unpaired) electrons. The Hall–Kier alpha value is -1.74. The van der Waals surface area contributed by atoms with E-state index in [2.05, 4.69) is 25.2 Å². The number of benzene rings is 1. The zero-order valence-electron chi connectivity index (χ0n) is 18.2. The first-order chi connectivity index (χ1) is 14.5. The minimum atomic E-state index is -0.213. The standard InChI is InChI=1S/C22H22ClN5OS.3ClH/c1-13-14(5-4-7-25-13)22(29)27-20-19-16(15-6-8-24-12-18(15)26-19)11-17(23)21(20)30-10-9-28(2)3;;;/h4-8,11-12,26H,9-10H2,1-3H3,(H,27,29);3*1H. The fourth-order valence-corrected chi connectivity index (χ4v) is 4.86. The molecule has 4 rings (SSSR count). The van der Waals surface area contributed by atoms with Crippen LogP contribution >= 0.6 is 60.6 Å². The van der Waals surface area contributed by atoms with Crippen LogP contribution in [0.25, 0.3) is 21.8 Å². The largest absolute Gasteiger partial charge is 0.352 e. The van der Waals surface area contributed by atoms with Crippen LogP contribution < -0.4 is 5.32 Å². The second kappa shape index (κ2) is 12.6. The third-order valence-corrected chi connectivity index (χ3v) is 6.39. The third kappa shape index (κ3) is 6.23. The molecule has 0 atom stereocenters. The minimum absolute atomic E-state index is 0. The SMILES string of the molecule is Cc1ncccc1C(=O)Nc1c(SCCN(C)C)c(Cl)cc2c1[nH]c1cnccc12.Cl.Cl.Cl. The highest BCUT2D eigenvalue weighted by molar-refractivity contribution is 7.99. The molecule has 1 amide bonds. The topological polar surface area (TPSA) is 73.9 Å². The smallest absolute Gasteiger partial charge is 0.257 e. The van der Waals surface area contributed by atoms with Crippen molar-refractivity contribution in [3.8, 4) is 0 Å². The van der Waals surface area contributed by atoms with E-state index in [1.807, 2.05) is 33.2 Å². The number of nitrogens with zero attached hydrogens (tertiary/aromatic N) is 3. The van der Waals surface area contributed by atoms with Crippen molar-refractivity contribution in [1.29, 1.82) is 0 Å². The lowest BCUT2D eigenvalue weighted by molar-refractivity contribution is 0.102. The summed E-state index contributed by atoms with van der Waals surface area (Å²) in [6.45, 7) is 2.72. The molecule has 3 heterocycles. The number of amides is 1. The molecule has 2 N–H and O–H groups in total. The second-order valence-electron chi connectivity index (χ2n) is 7.27. The van der Waals surface area contributed by atoms with E-state index in [1.165, 1.54) is 0 Å². The molecule has 4 aromatic rings. The molecule has 11 heteroatoms. The zero-order valence-corrected chi connectivity index (χ0v) is 22.2. The van der Waals surface area contributed by atoms with Gasteiger partial charge in [-0.2, -0.15) is 0 Å². The van der Waals surface area contributed by atoms with Crippen LogP contribution in [0.2, 0.25) is 5.02 Å². The lowest BCUT2D eigenvalue weighted by Gasteiger charge is -2.16. The van der Waals surface area contributed by atoms with Gasteiger partial charge in [0, 0.05) is 41.2 Å². The van der Waals surface area contributed by atoms with Gasteiger partial charge in [0.05, 0.1) is 38.4 Å². The Morgan fingerprint density at radius 1 is 1.18 bits per heavy atom. The molecule has 0 aliphatic rings. The molecule has 1 aromatic carbocycles. The summed E-state index contributed by atoms with van der Waals surface area (Å²) in [5.74, 6) is 0.629. The van der Waals surface area contributed by atoms with Crippen molar-refractivity contribution in [3.05, 3.63) is 59.1 Å². The average Bonchev–Trinajstić information content (AvgIpc) is 3.08. The van der Waals surface area contributed by atoms with Gasteiger partial charge in [0.1, 0.15) is 0 Å². The third-order valence-electron chi connectivity index (χ3n) is 4.88. The van der Waals surface area contributed by atoms with Crippen LogP contribution in [0.15, 0.2) is 47.8 Å². The number of anilines is 1. The van der Waals surface area contributed by atoms with Crippen LogP contribution in [0.1, 0.15) is 16.1 Å². The van der Waals surface area contributed by atoms with Gasteiger partial charge in [-0.1, -0.05) is 11.6 Å². The molecule has 3 aromatic heterocycles. The second-order valence-corrected chi connectivity index (χ2v) is 8.79. The van der Waals surface area contributed by atoms with Gasteiger partial charge in [-0.05, 0) is 45.3 Å². The number of H-pyrrole nitrogens is 1. The number of aromatic amines is 1. The number of hydrogen-bond donors (Lipinski definition) is 2. The lowest BCUT2D eigenvalue weighted by atomic mass is 10.1. The monoisotopic (exact) mass is 547 g/mol. The number of thioether (sulfide) groups is 1. The van der Waals surface area contributed by atoms with Gasteiger partial charge in [-0.25, -0.2) is 0 Å². The Kier molecular flexibility index (Phi) is 11.2. The molecule has 0 saturated carbocycles. The summed E-state index contributed by atoms with van der Waals surface area (Å²) in [4.78, 5) is 27.9. The van der Waals surface area contributed by atoms with Gasteiger partial charge in [0.25, 0.3) is 5.91 Å². The first kappa shape index (κ1) is 29.3. The average molecular weight is 549 g/mol. The van der Waals surface area contributed by atoms with Crippen LogP contribution in [0.4, 0.5) is 5.69 Å². The number of nitrogens with one attached hydrogen (secondary N) is 2. The lowest BCUT2D eigenvalue weighted by Crippen LogP contribution is -2.16. The Morgan fingerprint density at radius 3 is 2.64 bits per heavy atom. The van der Waals surface area contributed by atoms with Crippen molar-refractivity contribution in [2.75, 3.05) is 31.7 Å². The number of aryl methyl sites for hydroxylation is 1. The number of rotatable bonds is 6.